The van der Waals surface area contributed by atoms with Crippen LogP contribution < -0.4 is 0 Å². The molecule has 1 aliphatic rings. The second-order valence-electron chi connectivity index (χ2n) is 4.77. The number of hydrogen-bond acceptors (Lipinski definition) is 5. The number of carboxylic acids is 1. The molecule has 1 aliphatic heterocycles. The molecule has 9 heteroatoms. The number of carboxylic acid groups (broad SMARTS) is 1. The third-order valence-electron chi connectivity index (χ3n) is 3.22. The van der Waals surface area contributed by atoms with E-state index in [0.29, 0.717) is 30.5 Å². The van der Waals surface area contributed by atoms with Crippen molar-refractivity contribution in [2.45, 2.75) is 11.3 Å². The molecule has 0 saturated carbocycles. The van der Waals surface area contributed by atoms with Gasteiger partial charge in [0.15, 0.2) is 0 Å². The predicted molar refractivity (Wildman–Crippen MR) is 79.4 cm³/mol. The van der Waals surface area contributed by atoms with Gasteiger partial charge in [0.25, 0.3) is 0 Å². The minimum Gasteiger partial charge on any atom is -0.480 e. The first-order valence-corrected chi connectivity index (χ1v) is 8.68. The van der Waals surface area contributed by atoms with Crippen LogP contribution >= 0.6 is 15.9 Å². The van der Waals surface area contributed by atoms with E-state index in [4.69, 9.17) is 5.11 Å². The number of carbonyl (C=O) groups is 1. The molecule has 116 valence electrons. The smallest absolute Gasteiger partial charge is 0.317 e. The van der Waals surface area contributed by atoms with E-state index in [1.165, 1.54) is 22.8 Å². The zero-order valence-corrected chi connectivity index (χ0v) is 13.7. The summed E-state index contributed by atoms with van der Waals surface area (Å²) >= 11 is 3.21. The highest BCUT2D eigenvalue weighted by Crippen LogP contribution is 2.20. The van der Waals surface area contributed by atoms with Crippen LogP contribution in [0.4, 0.5) is 0 Å². The second-order valence-corrected chi connectivity index (χ2v) is 7.62. The van der Waals surface area contributed by atoms with Crippen molar-refractivity contribution in [2.24, 2.45) is 0 Å². The van der Waals surface area contributed by atoms with E-state index in [0.717, 1.165) is 0 Å². The molecule has 0 amide bonds. The Balaban J connectivity index is 2.12. The van der Waals surface area contributed by atoms with E-state index in [1.54, 1.807) is 4.90 Å². The lowest BCUT2D eigenvalue weighted by Gasteiger charge is -2.20. The van der Waals surface area contributed by atoms with Crippen molar-refractivity contribution in [1.82, 2.24) is 14.2 Å². The van der Waals surface area contributed by atoms with Crippen molar-refractivity contribution in [2.75, 3.05) is 32.7 Å². The Bertz CT molecular complexity index is 623. The Kier molecular flexibility index (Phi) is 5.31. The summed E-state index contributed by atoms with van der Waals surface area (Å²) in [6.07, 6.45) is 3.45. The normalized spacial score (nSPS) is 18.3. The summed E-state index contributed by atoms with van der Waals surface area (Å²) in [5.41, 5.74) is 0. The molecule has 0 unspecified atom stereocenters. The van der Waals surface area contributed by atoms with Crippen molar-refractivity contribution < 1.29 is 18.3 Å². The first-order valence-electron chi connectivity index (χ1n) is 6.44. The monoisotopic (exact) mass is 377 g/mol. The average Bonchev–Trinajstić information content (AvgIpc) is 2.64. The summed E-state index contributed by atoms with van der Waals surface area (Å²) in [4.78, 5) is 16.5. The molecule has 0 atom stereocenters. The summed E-state index contributed by atoms with van der Waals surface area (Å²) in [5.74, 6) is -0.900. The molecule has 1 N–H and O–H groups in total. The molecule has 0 radical (unpaired) electrons. The first-order chi connectivity index (χ1) is 9.89. The molecule has 2 rings (SSSR count). The van der Waals surface area contributed by atoms with Gasteiger partial charge in [-0.1, -0.05) is 0 Å². The molecule has 1 fully saturated rings. The van der Waals surface area contributed by atoms with Crippen LogP contribution in [-0.2, 0) is 14.8 Å². The molecule has 0 aromatic carbocycles. The maximum Gasteiger partial charge on any atom is 0.317 e. The quantitative estimate of drug-likeness (QED) is 0.827. The largest absolute Gasteiger partial charge is 0.480 e. The van der Waals surface area contributed by atoms with Gasteiger partial charge >= 0.3 is 5.97 Å². The second kappa shape index (κ2) is 6.82. The number of pyridine rings is 1. The summed E-state index contributed by atoms with van der Waals surface area (Å²) in [6, 6.07) is 1.52. The number of halogens is 1. The Morgan fingerprint density at radius 1 is 1.29 bits per heavy atom. The van der Waals surface area contributed by atoms with Gasteiger partial charge in [-0.2, -0.15) is 4.31 Å². The Morgan fingerprint density at radius 3 is 2.71 bits per heavy atom. The SMILES string of the molecule is O=C(O)CN1CCCN(S(=O)(=O)c2cncc(Br)c2)CC1. The van der Waals surface area contributed by atoms with E-state index in [1.807, 2.05) is 0 Å². The van der Waals surface area contributed by atoms with Gasteiger partial charge < -0.3 is 5.11 Å². The molecule has 1 aromatic rings. The van der Waals surface area contributed by atoms with E-state index in [2.05, 4.69) is 20.9 Å². The number of hydrogen-bond donors (Lipinski definition) is 1. The number of aromatic nitrogens is 1. The van der Waals surface area contributed by atoms with Gasteiger partial charge in [0.1, 0.15) is 4.90 Å². The first kappa shape index (κ1) is 16.3. The average molecular weight is 378 g/mol. The molecule has 0 aliphatic carbocycles. The van der Waals surface area contributed by atoms with E-state index in [-0.39, 0.29) is 18.0 Å². The number of aliphatic carboxylic acids is 1. The highest BCUT2D eigenvalue weighted by atomic mass is 79.9. The molecule has 1 saturated heterocycles. The summed E-state index contributed by atoms with van der Waals surface area (Å²) in [6.45, 7) is 1.58. The summed E-state index contributed by atoms with van der Waals surface area (Å²) in [5, 5.41) is 8.80. The number of sulfonamides is 1. The van der Waals surface area contributed by atoms with Crippen LogP contribution in [0.2, 0.25) is 0 Å². The fraction of sp³-hybridized carbons (Fsp3) is 0.500. The van der Waals surface area contributed by atoms with E-state index in [9.17, 15) is 13.2 Å². The Labute approximate surface area is 131 Å². The molecule has 7 nitrogen and oxygen atoms in total. The van der Waals surface area contributed by atoms with Crippen LogP contribution in [0.1, 0.15) is 6.42 Å². The van der Waals surface area contributed by atoms with Gasteiger partial charge in [0.05, 0.1) is 6.54 Å². The van der Waals surface area contributed by atoms with Crippen LogP contribution in [0, 0.1) is 0 Å². The third kappa shape index (κ3) is 4.22. The lowest BCUT2D eigenvalue weighted by Crippen LogP contribution is -2.36. The van der Waals surface area contributed by atoms with Gasteiger partial charge in [-0.25, -0.2) is 8.42 Å². The van der Waals surface area contributed by atoms with Gasteiger partial charge in [-0.15, -0.1) is 0 Å². The molecular formula is C12H16BrN3O4S. The lowest BCUT2D eigenvalue weighted by atomic mass is 10.4. The highest BCUT2D eigenvalue weighted by Gasteiger charge is 2.27. The minimum absolute atomic E-state index is 0.0632. The summed E-state index contributed by atoms with van der Waals surface area (Å²) < 4.78 is 27.1. The molecule has 0 spiro atoms. The van der Waals surface area contributed by atoms with Gasteiger partial charge in [-0.05, 0) is 28.4 Å². The zero-order chi connectivity index (χ0) is 15.5. The van der Waals surface area contributed by atoms with Gasteiger partial charge in [0.2, 0.25) is 10.0 Å². The number of rotatable bonds is 4. The zero-order valence-electron chi connectivity index (χ0n) is 11.3. The standard InChI is InChI=1S/C12H16BrN3O4S/c13-10-6-11(8-14-7-10)21(19,20)16-3-1-2-15(4-5-16)9-12(17)18/h6-8H,1-5,9H2,(H,17,18). The molecule has 0 bridgehead atoms. The Hall–Kier alpha value is -1.03. The fourth-order valence-electron chi connectivity index (χ4n) is 2.22. The van der Waals surface area contributed by atoms with Crippen molar-refractivity contribution >= 4 is 31.9 Å². The maximum atomic E-state index is 12.6. The molecule has 1 aromatic heterocycles. The number of nitrogens with zero attached hydrogens (tertiary/aromatic N) is 3. The lowest BCUT2D eigenvalue weighted by molar-refractivity contribution is -0.138. The van der Waals surface area contributed by atoms with Crippen LogP contribution in [-0.4, -0.2) is 66.4 Å². The highest BCUT2D eigenvalue weighted by molar-refractivity contribution is 9.10. The van der Waals surface area contributed by atoms with Crippen molar-refractivity contribution in [1.29, 1.82) is 0 Å². The van der Waals surface area contributed by atoms with Crippen molar-refractivity contribution in [3.05, 3.63) is 22.9 Å². The van der Waals surface area contributed by atoms with Crippen molar-refractivity contribution in [3.63, 3.8) is 0 Å². The van der Waals surface area contributed by atoms with Gasteiger partial charge in [-0.3, -0.25) is 14.7 Å². The topological polar surface area (TPSA) is 90.8 Å². The van der Waals surface area contributed by atoms with E-state index < -0.39 is 16.0 Å². The minimum atomic E-state index is -3.59. The van der Waals surface area contributed by atoms with Crippen molar-refractivity contribution in [3.8, 4) is 0 Å². The molecule has 2 heterocycles. The maximum absolute atomic E-state index is 12.6. The predicted octanol–water partition coefficient (Wildman–Crippen LogP) is 0.625. The molecule has 21 heavy (non-hydrogen) atoms. The van der Waals surface area contributed by atoms with Crippen LogP contribution in [0.5, 0.6) is 0 Å². The van der Waals surface area contributed by atoms with Gasteiger partial charge in [0, 0.05) is 43.0 Å². The van der Waals surface area contributed by atoms with Crippen LogP contribution in [0.3, 0.4) is 0 Å². The third-order valence-corrected chi connectivity index (χ3v) is 5.52. The Morgan fingerprint density at radius 2 is 2.05 bits per heavy atom. The fourth-order valence-corrected chi connectivity index (χ4v) is 4.20. The summed E-state index contributed by atoms with van der Waals surface area (Å²) in [7, 11) is -3.59. The van der Waals surface area contributed by atoms with Crippen LogP contribution in [0.15, 0.2) is 27.8 Å². The van der Waals surface area contributed by atoms with Crippen LogP contribution in [0.25, 0.3) is 0 Å². The molecular weight excluding hydrogens is 362 g/mol. The van der Waals surface area contributed by atoms with E-state index >= 15 is 0 Å².